The third kappa shape index (κ3) is 3.86. The van der Waals surface area contributed by atoms with E-state index in [1.54, 1.807) is 0 Å². The van der Waals surface area contributed by atoms with Crippen LogP contribution in [0.5, 0.6) is 0 Å². The zero-order chi connectivity index (χ0) is 32.8. The van der Waals surface area contributed by atoms with Gasteiger partial charge in [-0.1, -0.05) is 133 Å². The maximum absolute atomic E-state index is 5.41. The zero-order valence-electron chi connectivity index (χ0n) is 26.8. The van der Waals surface area contributed by atoms with Crippen molar-refractivity contribution in [2.45, 2.75) is 0 Å². The van der Waals surface area contributed by atoms with E-state index >= 15 is 0 Å². The lowest BCUT2D eigenvalue weighted by Crippen LogP contribution is -2.19. The number of fused-ring (bicyclic) bond motifs is 7. The third-order valence-corrected chi connectivity index (χ3v) is 10.1. The molecular weight excluding hydrogens is 611 g/mol. The Kier molecular flexibility index (Phi) is 5.60. The van der Waals surface area contributed by atoms with Gasteiger partial charge in [-0.05, 0) is 62.8 Å². The van der Waals surface area contributed by atoms with Crippen LogP contribution in [-0.4, -0.2) is 19.5 Å². The normalized spacial score (nSPS) is 12.4. The molecule has 5 heteroatoms. The quantitative estimate of drug-likeness (QED) is 0.193. The van der Waals surface area contributed by atoms with E-state index in [2.05, 4.69) is 173 Å². The summed E-state index contributed by atoms with van der Waals surface area (Å²) in [5.41, 5.74) is 7.50. The first-order valence-electron chi connectivity index (χ1n) is 16.9. The summed E-state index contributed by atoms with van der Waals surface area (Å²) in [5.74, 6) is 1.76. The monoisotopic (exact) mass is 637 g/mol. The van der Waals surface area contributed by atoms with Gasteiger partial charge in [0.15, 0.2) is 5.82 Å². The van der Waals surface area contributed by atoms with Crippen LogP contribution in [0, 0.1) is 0 Å². The van der Waals surface area contributed by atoms with Gasteiger partial charge in [0.05, 0.1) is 22.4 Å². The largest absolute Gasteiger partial charge is 0.278 e. The van der Waals surface area contributed by atoms with Gasteiger partial charge in [0.25, 0.3) is 0 Å². The lowest BCUT2D eigenvalue weighted by atomic mass is 9.90. The summed E-state index contributed by atoms with van der Waals surface area (Å²) in [6, 6.07) is 58.0. The van der Waals surface area contributed by atoms with Crippen LogP contribution < -0.4 is 4.90 Å². The standard InChI is InChI=1S/C45H27N5/c1-2-14-31-27-41-37(26-30(31)13-1)35-21-10-16-29-17-11-25-40(42(29)35)50(41)45-47-43(36-22-9-15-28-12-3-4-18-32(28)36)46-44(48-45)49-38-23-7-5-19-33(38)34-20-6-8-24-39(34)49/h1-27H. The molecular formula is C45H27N5. The van der Waals surface area contributed by atoms with Crippen molar-refractivity contribution in [2.75, 3.05) is 4.90 Å². The second kappa shape index (κ2) is 10.3. The molecule has 0 unspecified atom stereocenters. The second-order valence-electron chi connectivity index (χ2n) is 12.9. The molecule has 0 bridgehead atoms. The van der Waals surface area contributed by atoms with Crippen molar-refractivity contribution in [1.29, 1.82) is 0 Å². The van der Waals surface area contributed by atoms with Gasteiger partial charge in [-0.15, -0.1) is 0 Å². The van der Waals surface area contributed by atoms with Crippen molar-refractivity contribution in [3.63, 3.8) is 0 Å². The van der Waals surface area contributed by atoms with Gasteiger partial charge in [-0.3, -0.25) is 9.47 Å². The van der Waals surface area contributed by atoms with E-state index in [4.69, 9.17) is 15.0 Å². The Bertz CT molecular complexity index is 2950. The predicted octanol–water partition coefficient (Wildman–Crippen LogP) is 11.5. The van der Waals surface area contributed by atoms with Gasteiger partial charge in [0, 0.05) is 27.3 Å². The maximum Gasteiger partial charge on any atom is 0.240 e. The molecule has 0 spiro atoms. The number of benzene rings is 8. The van der Waals surface area contributed by atoms with Crippen LogP contribution in [-0.2, 0) is 0 Å². The molecule has 1 aliphatic rings. The highest BCUT2D eigenvalue weighted by Gasteiger charge is 2.30. The molecule has 0 radical (unpaired) electrons. The van der Waals surface area contributed by atoms with Crippen molar-refractivity contribution < 1.29 is 0 Å². The first-order chi connectivity index (χ1) is 24.8. The average molecular weight is 638 g/mol. The van der Waals surface area contributed by atoms with Crippen molar-refractivity contribution in [1.82, 2.24) is 19.5 Å². The summed E-state index contributed by atoms with van der Waals surface area (Å²) in [4.78, 5) is 18.3. The van der Waals surface area contributed by atoms with Crippen LogP contribution in [0.4, 0.5) is 17.3 Å². The van der Waals surface area contributed by atoms with Crippen molar-refractivity contribution in [3.8, 4) is 28.5 Å². The molecule has 10 aromatic rings. The molecule has 0 saturated carbocycles. The highest BCUT2D eigenvalue weighted by molar-refractivity contribution is 6.15. The summed E-state index contributed by atoms with van der Waals surface area (Å²) >= 11 is 0. The van der Waals surface area contributed by atoms with E-state index in [9.17, 15) is 0 Å². The number of rotatable bonds is 3. The van der Waals surface area contributed by atoms with Gasteiger partial charge in [0.2, 0.25) is 11.9 Å². The number of nitrogens with zero attached hydrogens (tertiary/aromatic N) is 5. The fourth-order valence-corrected chi connectivity index (χ4v) is 7.94. The Hall–Kier alpha value is -6.85. The van der Waals surface area contributed by atoms with Crippen molar-refractivity contribution in [3.05, 3.63) is 164 Å². The van der Waals surface area contributed by atoms with E-state index in [1.807, 2.05) is 0 Å². The van der Waals surface area contributed by atoms with Gasteiger partial charge in [0.1, 0.15) is 0 Å². The fourth-order valence-electron chi connectivity index (χ4n) is 7.94. The molecule has 232 valence electrons. The molecule has 3 heterocycles. The molecule has 0 amide bonds. The highest BCUT2D eigenvalue weighted by atomic mass is 15.3. The topological polar surface area (TPSA) is 46.8 Å². The summed E-state index contributed by atoms with van der Waals surface area (Å²) in [5, 5.41) is 9.26. The lowest BCUT2D eigenvalue weighted by Gasteiger charge is -2.32. The molecule has 8 aromatic carbocycles. The number of hydrogen-bond donors (Lipinski definition) is 0. The zero-order valence-corrected chi connectivity index (χ0v) is 26.8. The predicted molar refractivity (Wildman–Crippen MR) is 206 cm³/mol. The summed E-state index contributed by atoms with van der Waals surface area (Å²) in [6.07, 6.45) is 0. The molecule has 0 saturated heterocycles. The van der Waals surface area contributed by atoms with Crippen LogP contribution in [0.25, 0.3) is 82.6 Å². The van der Waals surface area contributed by atoms with Crippen LogP contribution in [0.1, 0.15) is 0 Å². The lowest BCUT2D eigenvalue weighted by molar-refractivity contribution is 0.934. The number of para-hydroxylation sites is 2. The molecule has 5 nitrogen and oxygen atoms in total. The van der Waals surface area contributed by atoms with E-state index in [0.717, 1.165) is 60.5 Å². The van der Waals surface area contributed by atoms with Crippen LogP contribution in [0.15, 0.2) is 164 Å². The Balaban J connectivity index is 1.28. The average Bonchev–Trinajstić information content (AvgIpc) is 3.52. The number of anilines is 3. The Morgan fingerprint density at radius 2 is 0.920 bits per heavy atom. The van der Waals surface area contributed by atoms with E-state index in [1.165, 1.54) is 21.7 Å². The molecule has 2 aromatic heterocycles. The van der Waals surface area contributed by atoms with Gasteiger partial charge < -0.3 is 0 Å². The molecule has 0 fully saturated rings. The minimum atomic E-state index is 0.568. The van der Waals surface area contributed by atoms with Crippen molar-refractivity contribution >= 4 is 71.4 Å². The molecule has 0 N–H and O–H groups in total. The SMILES string of the molecule is c1ccc2cc3c(cc2c1)-c1cccc2cccc(c12)N3c1nc(-c2cccc3ccccc23)nc(-n2c3ccccc3c3ccccc32)n1. The second-order valence-corrected chi connectivity index (χ2v) is 12.9. The molecule has 0 atom stereocenters. The van der Waals surface area contributed by atoms with Gasteiger partial charge in [-0.25, -0.2) is 0 Å². The Labute approximate surface area is 287 Å². The van der Waals surface area contributed by atoms with Gasteiger partial charge in [-0.2, -0.15) is 15.0 Å². The van der Waals surface area contributed by atoms with E-state index in [0.29, 0.717) is 17.7 Å². The minimum Gasteiger partial charge on any atom is -0.278 e. The maximum atomic E-state index is 5.41. The highest BCUT2D eigenvalue weighted by Crippen LogP contribution is 2.51. The minimum absolute atomic E-state index is 0.568. The fraction of sp³-hybridized carbons (Fsp3) is 0. The van der Waals surface area contributed by atoms with Crippen LogP contribution in [0.3, 0.4) is 0 Å². The van der Waals surface area contributed by atoms with Crippen LogP contribution >= 0.6 is 0 Å². The number of aromatic nitrogens is 4. The third-order valence-electron chi connectivity index (χ3n) is 10.1. The first kappa shape index (κ1) is 27.1. The van der Waals surface area contributed by atoms with E-state index < -0.39 is 0 Å². The van der Waals surface area contributed by atoms with Crippen molar-refractivity contribution in [2.24, 2.45) is 0 Å². The Morgan fingerprint density at radius 1 is 0.360 bits per heavy atom. The molecule has 50 heavy (non-hydrogen) atoms. The Morgan fingerprint density at radius 3 is 1.68 bits per heavy atom. The van der Waals surface area contributed by atoms with Crippen LogP contribution in [0.2, 0.25) is 0 Å². The summed E-state index contributed by atoms with van der Waals surface area (Å²) in [6.45, 7) is 0. The molecule has 0 aliphatic carbocycles. The summed E-state index contributed by atoms with van der Waals surface area (Å²) in [7, 11) is 0. The van der Waals surface area contributed by atoms with E-state index in [-0.39, 0.29) is 0 Å². The smallest absolute Gasteiger partial charge is 0.240 e. The first-order valence-corrected chi connectivity index (χ1v) is 16.9. The number of hydrogen-bond acceptors (Lipinski definition) is 4. The molecule has 11 rings (SSSR count). The van der Waals surface area contributed by atoms with Gasteiger partial charge >= 0.3 is 0 Å². The molecule has 1 aliphatic heterocycles. The summed E-state index contributed by atoms with van der Waals surface area (Å²) < 4.78 is 2.18.